The van der Waals surface area contributed by atoms with E-state index in [9.17, 15) is 27.6 Å². The number of amides is 3. The van der Waals surface area contributed by atoms with Crippen LogP contribution in [0.4, 0.5) is 13.2 Å². The van der Waals surface area contributed by atoms with Crippen molar-refractivity contribution in [3.05, 3.63) is 65.5 Å². The van der Waals surface area contributed by atoms with Crippen LogP contribution in [0.1, 0.15) is 78.5 Å². The average Bonchev–Trinajstić information content (AvgIpc) is 3.33. The average molecular weight is 516 g/mol. The van der Waals surface area contributed by atoms with Crippen LogP contribution in [0.3, 0.4) is 0 Å². The Balaban J connectivity index is 1.63. The third-order valence-electron chi connectivity index (χ3n) is 6.65. The highest BCUT2D eigenvalue weighted by Gasteiger charge is 2.46. The number of nitrogens with one attached hydrogen (secondary N) is 1. The normalized spacial score (nSPS) is 15.4. The van der Waals surface area contributed by atoms with Gasteiger partial charge < -0.3 is 9.73 Å². The first-order valence-corrected chi connectivity index (χ1v) is 12.4. The van der Waals surface area contributed by atoms with Gasteiger partial charge in [0.2, 0.25) is 0 Å². The molecule has 1 aliphatic rings. The number of hydrogen-bond donors (Lipinski definition) is 1. The molecule has 0 bridgehead atoms. The molecule has 7 nitrogen and oxygen atoms in total. The first-order valence-electron chi connectivity index (χ1n) is 12.4. The Morgan fingerprint density at radius 1 is 1.03 bits per heavy atom. The largest absolute Gasteiger partial charge is 0.432 e. The number of benzene rings is 2. The van der Waals surface area contributed by atoms with Crippen molar-refractivity contribution in [2.45, 2.75) is 63.6 Å². The smallest absolute Gasteiger partial charge is 0.416 e. The summed E-state index contributed by atoms with van der Waals surface area (Å²) in [5.74, 6) is -2.14. The van der Waals surface area contributed by atoms with E-state index in [1.54, 1.807) is 24.3 Å². The third kappa shape index (κ3) is 5.68. The lowest BCUT2D eigenvalue weighted by Crippen LogP contribution is -2.61. The van der Waals surface area contributed by atoms with E-state index in [1.807, 2.05) is 6.92 Å². The van der Waals surface area contributed by atoms with Crippen LogP contribution in [0, 0.1) is 0 Å². The Hall–Kier alpha value is -3.69. The van der Waals surface area contributed by atoms with Gasteiger partial charge in [0.25, 0.3) is 17.7 Å². The number of aromatic nitrogens is 1. The number of rotatable bonds is 7. The molecule has 2 aromatic carbocycles. The van der Waals surface area contributed by atoms with E-state index in [-0.39, 0.29) is 18.0 Å². The number of nitrogens with zero attached hydrogens (tertiary/aromatic N) is 2. The molecule has 10 heteroatoms. The quantitative estimate of drug-likeness (QED) is 0.405. The minimum absolute atomic E-state index is 0.00358. The number of hydrogen-bond acceptors (Lipinski definition) is 5. The first-order chi connectivity index (χ1) is 17.6. The number of carbonyl (C=O) groups excluding carboxylic acids is 3. The van der Waals surface area contributed by atoms with E-state index in [0.29, 0.717) is 43.2 Å². The van der Waals surface area contributed by atoms with Gasteiger partial charge in [0, 0.05) is 12.1 Å². The van der Waals surface area contributed by atoms with Crippen LogP contribution in [-0.4, -0.2) is 39.7 Å². The van der Waals surface area contributed by atoms with Crippen molar-refractivity contribution < 1.29 is 32.0 Å². The number of carbonyl (C=O) groups is 3. The zero-order valence-corrected chi connectivity index (χ0v) is 20.4. The second-order valence-electron chi connectivity index (χ2n) is 9.27. The summed E-state index contributed by atoms with van der Waals surface area (Å²) in [4.78, 5) is 45.9. The molecule has 196 valence electrons. The van der Waals surface area contributed by atoms with Crippen molar-refractivity contribution in [3.63, 3.8) is 0 Å². The third-order valence-corrected chi connectivity index (χ3v) is 6.65. The van der Waals surface area contributed by atoms with Gasteiger partial charge in [0.05, 0.1) is 5.56 Å². The molecule has 0 unspecified atom stereocenters. The van der Waals surface area contributed by atoms with Crippen molar-refractivity contribution >= 4 is 28.8 Å². The molecule has 1 aromatic heterocycles. The van der Waals surface area contributed by atoms with Crippen molar-refractivity contribution in [2.24, 2.45) is 0 Å². The van der Waals surface area contributed by atoms with Crippen LogP contribution >= 0.6 is 0 Å². The van der Waals surface area contributed by atoms with Crippen molar-refractivity contribution in [1.82, 2.24) is 15.2 Å². The number of imide groups is 1. The summed E-state index contributed by atoms with van der Waals surface area (Å²) in [6.07, 6.45) is -0.491. The monoisotopic (exact) mass is 515 g/mol. The van der Waals surface area contributed by atoms with E-state index in [0.717, 1.165) is 42.0 Å². The van der Waals surface area contributed by atoms with E-state index in [2.05, 4.69) is 10.3 Å². The lowest BCUT2D eigenvalue weighted by Gasteiger charge is -2.39. The van der Waals surface area contributed by atoms with E-state index >= 15 is 0 Å². The fourth-order valence-corrected chi connectivity index (χ4v) is 4.60. The second kappa shape index (κ2) is 10.7. The number of para-hydroxylation sites is 2. The maximum Gasteiger partial charge on any atom is 0.416 e. The summed E-state index contributed by atoms with van der Waals surface area (Å²) in [7, 11) is 0. The molecule has 1 aliphatic carbocycles. The van der Waals surface area contributed by atoms with Crippen molar-refractivity contribution in [1.29, 1.82) is 0 Å². The van der Waals surface area contributed by atoms with Crippen LogP contribution in [0.15, 0.2) is 52.9 Å². The molecule has 1 N–H and O–H groups in total. The van der Waals surface area contributed by atoms with Gasteiger partial charge in [-0.3, -0.25) is 19.3 Å². The van der Waals surface area contributed by atoms with Gasteiger partial charge >= 0.3 is 12.1 Å². The molecule has 0 aliphatic heterocycles. The minimum atomic E-state index is -4.53. The Morgan fingerprint density at radius 2 is 1.70 bits per heavy atom. The highest BCUT2D eigenvalue weighted by Crippen LogP contribution is 2.32. The Bertz CT molecular complexity index is 1250. The highest BCUT2D eigenvalue weighted by molar-refractivity contribution is 6.08. The molecule has 1 saturated carbocycles. The van der Waals surface area contributed by atoms with Gasteiger partial charge in [0.15, 0.2) is 5.58 Å². The van der Waals surface area contributed by atoms with Crippen LogP contribution < -0.4 is 5.32 Å². The molecule has 3 aromatic rings. The minimum Gasteiger partial charge on any atom is -0.432 e. The molecule has 0 atom stereocenters. The lowest BCUT2D eigenvalue weighted by molar-refractivity contribution is -0.138. The standard InChI is InChI=1S/C27H28F3N3O4/c1-2-3-17-33(24(35)23-31-20-9-5-6-10-21(20)37-23)25(36)26(15-7-4-8-16-26)32-22(34)18-11-13-19(14-12-18)27(28,29)30/h5-6,9-14H,2-4,7-8,15-17H2,1H3,(H,32,34). The number of alkyl halides is 3. The van der Waals surface area contributed by atoms with Gasteiger partial charge in [-0.05, 0) is 55.7 Å². The molecule has 0 spiro atoms. The summed E-state index contributed by atoms with van der Waals surface area (Å²) in [6.45, 7) is 2.04. The van der Waals surface area contributed by atoms with Gasteiger partial charge in [-0.1, -0.05) is 44.7 Å². The Morgan fingerprint density at radius 3 is 2.32 bits per heavy atom. The van der Waals surface area contributed by atoms with Gasteiger partial charge in [-0.2, -0.15) is 13.2 Å². The van der Waals surface area contributed by atoms with E-state index < -0.39 is 35.0 Å². The fraction of sp³-hybridized carbons (Fsp3) is 0.407. The molecule has 0 saturated heterocycles. The molecule has 3 amide bonds. The predicted octanol–water partition coefficient (Wildman–Crippen LogP) is 5.75. The summed E-state index contributed by atoms with van der Waals surface area (Å²) in [5.41, 5.74) is -1.35. The Kier molecular flexibility index (Phi) is 7.65. The van der Waals surface area contributed by atoms with Crippen LogP contribution in [0.25, 0.3) is 11.1 Å². The summed E-state index contributed by atoms with van der Waals surface area (Å²) < 4.78 is 44.4. The summed E-state index contributed by atoms with van der Waals surface area (Å²) in [6, 6.07) is 10.7. The molecule has 1 heterocycles. The molecular formula is C27H28F3N3O4. The maximum atomic E-state index is 14.0. The molecule has 0 radical (unpaired) electrons. The molecule has 4 rings (SSSR count). The van der Waals surface area contributed by atoms with Gasteiger partial charge in [-0.25, -0.2) is 4.98 Å². The van der Waals surface area contributed by atoms with Crippen LogP contribution in [0.5, 0.6) is 0 Å². The lowest BCUT2D eigenvalue weighted by atomic mass is 9.80. The first kappa shape index (κ1) is 26.4. The molecule has 1 fully saturated rings. The Labute approximate surface area is 212 Å². The predicted molar refractivity (Wildman–Crippen MR) is 130 cm³/mol. The van der Waals surface area contributed by atoms with Gasteiger partial charge in [-0.15, -0.1) is 0 Å². The summed E-state index contributed by atoms with van der Waals surface area (Å²) >= 11 is 0. The van der Waals surface area contributed by atoms with Crippen molar-refractivity contribution in [2.75, 3.05) is 6.54 Å². The fourth-order valence-electron chi connectivity index (χ4n) is 4.60. The number of halogens is 3. The summed E-state index contributed by atoms with van der Waals surface area (Å²) in [5, 5.41) is 2.78. The van der Waals surface area contributed by atoms with E-state index in [1.165, 1.54) is 0 Å². The second-order valence-corrected chi connectivity index (χ2v) is 9.27. The maximum absolute atomic E-state index is 14.0. The van der Waals surface area contributed by atoms with Crippen LogP contribution in [-0.2, 0) is 11.0 Å². The number of unbranched alkanes of at least 4 members (excludes halogenated alkanes) is 1. The van der Waals surface area contributed by atoms with Gasteiger partial charge in [0.1, 0.15) is 11.1 Å². The van der Waals surface area contributed by atoms with E-state index in [4.69, 9.17) is 4.42 Å². The SMILES string of the molecule is CCCCN(C(=O)c1nc2ccccc2o1)C(=O)C1(NC(=O)c2ccc(C(F)(F)F)cc2)CCCCC1. The highest BCUT2D eigenvalue weighted by atomic mass is 19.4. The zero-order valence-electron chi connectivity index (χ0n) is 20.4. The molecule has 37 heavy (non-hydrogen) atoms. The number of fused-ring (bicyclic) bond motifs is 1. The van der Waals surface area contributed by atoms with Crippen molar-refractivity contribution in [3.8, 4) is 0 Å². The van der Waals surface area contributed by atoms with Crippen LogP contribution in [0.2, 0.25) is 0 Å². The molecular weight excluding hydrogens is 487 g/mol. The topological polar surface area (TPSA) is 92.5 Å². The number of oxazole rings is 1. The zero-order chi connectivity index (χ0) is 26.6.